The van der Waals surface area contributed by atoms with E-state index in [9.17, 15) is 17.6 Å². The highest BCUT2D eigenvalue weighted by atomic mass is 19.4. The van der Waals surface area contributed by atoms with E-state index in [1.54, 1.807) is 0 Å². The molecular formula is C8H9F4N. The summed E-state index contributed by atoms with van der Waals surface area (Å²) < 4.78 is 48.7. The Morgan fingerprint density at radius 1 is 1.38 bits per heavy atom. The lowest BCUT2D eigenvalue weighted by atomic mass is 10.00. The summed E-state index contributed by atoms with van der Waals surface area (Å²) in [5.41, 5.74) is 4.70. The molecule has 0 aromatic rings. The minimum absolute atomic E-state index is 0.161. The van der Waals surface area contributed by atoms with E-state index in [1.807, 2.05) is 0 Å². The largest absolute Gasteiger partial charge is 0.407 e. The van der Waals surface area contributed by atoms with Gasteiger partial charge < -0.3 is 5.73 Å². The maximum absolute atomic E-state index is 12.6. The van der Waals surface area contributed by atoms with Gasteiger partial charge in [-0.3, -0.25) is 0 Å². The van der Waals surface area contributed by atoms with E-state index in [1.165, 1.54) is 6.08 Å². The molecule has 0 aromatic heterocycles. The second kappa shape index (κ2) is 3.49. The Morgan fingerprint density at radius 3 is 2.46 bits per heavy atom. The van der Waals surface area contributed by atoms with Gasteiger partial charge >= 0.3 is 6.18 Å². The molecule has 0 saturated carbocycles. The molecule has 0 heterocycles. The number of alkyl halides is 3. The van der Waals surface area contributed by atoms with Crippen molar-refractivity contribution in [2.75, 3.05) is 0 Å². The standard InChI is InChI=1S/C8H9F4N/c9-6-3-1-2-5(4-6)7(13)8(10,11)12/h2,4,7H,1,3,13H2. The number of hydrogen-bond donors (Lipinski definition) is 1. The quantitative estimate of drug-likeness (QED) is 0.639. The van der Waals surface area contributed by atoms with E-state index < -0.39 is 18.0 Å². The molecule has 0 aliphatic heterocycles. The van der Waals surface area contributed by atoms with E-state index in [-0.39, 0.29) is 18.4 Å². The molecule has 0 aromatic carbocycles. The topological polar surface area (TPSA) is 26.0 Å². The van der Waals surface area contributed by atoms with Crippen LogP contribution < -0.4 is 5.73 Å². The zero-order valence-corrected chi connectivity index (χ0v) is 6.74. The van der Waals surface area contributed by atoms with Crippen LogP contribution in [0.5, 0.6) is 0 Å². The average Bonchev–Trinajstić information content (AvgIpc) is 2.01. The van der Waals surface area contributed by atoms with Crippen LogP contribution in [0.4, 0.5) is 17.6 Å². The van der Waals surface area contributed by atoms with Gasteiger partial charge in [0.15, 0.2) is 0 Å². The summed E-state index contributed by atoms with van der Waals surface area (Å²) in [4.78, 5) is 0. The molecule has 0 radical (unpaired) electrons. The fourth-order valence-electron chi connectivity index (χ4n) is 1.09. The lowest BCUT2D eigenvalue weighted by Gasteiger charge is -2.18. The summed E-state index contributed by atoms with van der Waals surface area (Å²) in [6.45, 7) is 0. The fraction of sp³-hybridized carbons (Fsp3) is 0.500. The molecule has 74 valence electrons. The summed E-state index contributed by atoms with van der Waals surface area (Å²) in [7, 11) is 0. The normalized spacial score (nSPS) is 20.7. The molecule has 13 heavy (non-hydrogen) atoms. The van der Waals surface area contributed by atoms with Gasteiger partial charge in [0.2, 0.25) is 0 Å². The van der Waals surface area contributed by atoms with Gasteiger partial charge in [-0.25, -0.2) is 4.39 Å². The van der Waals surface area contributed by atoms with Gasteiger partial charge in [-0.1, -0.05) is 6.08 Å². The Hall–Kier alpha value is -0.840. The second-order valence-corrected chi connectivity index (χ2v) is 2.85. The van der Waals surface area contributed by atoms with Crippen molar-refractivity contribution in [1.82, 2.24) is 0 Å². The van der Waals surface area contributed by atoms with E-state index in [0.717, 1.165) is 6.08 Å². The van der Waals surface area contributed by atoms with Crippen LogP contribution in [-0.2, 0) is 0 Å². The van der Waals surface area contributed by atoms with Crippen molar-refractivity contribution in [3.05, 3.63) is 23.6 Å². The molecule has 0 spiro atoms. The highest BCUT2D eigenvalue weighted by molar-refractivity contribution is 5.30. The van der Waals surface area contributed by atoms with Crippen LogP contribution in [0.25, 0.3) is 0 Å². The Labute approximate surface area is 72.9 Å². The molecule has 1 nitrogen and oxygen atoms in total. The van der Waals surface area contributed by atoms with Gasteiger partial charge in [0.05, 0.1) is 0 Å². The first-order valence-electron chi connectivity index (χ1n) is 3.79. The summed E-state index contributed by atoms with van der Waals surface area (Å²) >= 11 is 0. The lowest BCUT2D eigenvalue weighted by Crippen LogP contribution is -2.38. The maximum atomic E-state index is 12.6. The smallest absolute Gasteiger partial charge is 0.316 e. The van der Waals surface area contributed by atoms with Crippen LogP contribution in [0.15, 0.2) is 23.6 Å². The van der Waals surface area contributed by atoms with Gasteiger partial charge in [0.1, 0.15) is 11.9 Å². The molecule has 0 amide bonds. The Balaban J connectivity index is 2.79. The van der Waals surface area contributed by atoms with Crippen molar-refractivity contribution < 1.29 is 17.6 Å². The molecule has 1 aliphatic rings. The first-order valence-corrected chi connectivity index (χ1v) is 3.79. The van der Waals surface area contributed by atoms with Crippen molar-refractivity contribution in [1.29, 1.82) is 0 Å². The molecular weight excluding hydrogens is 186 g/mol. The van der Waals surface area contributed by atoms with Crippen molar-refractivity contribution >= 4 is 0 Å². The van der Waals surface area contributed by atoms with E-state index in [4.69, 9.17) is 5.73 Å². The fourth-order valence-corrected chi connectivity index (χ4v) is 1.09. The molecule has 0 saturated heterocycles. The number of rotatable bonds is 1. The molecule has 2 N–H and O–H groups in total. The molecule has 0 fully saturated rings. The number of nitrogens with two attached hydrogens (primary N) is 1. The summed E-state index contributed by atoms with van der Waals surface area (Å²) in [5, 5.41) is 0. The van der Waals surface area contributed by atoms with Gasteiger partial charge in [0.25, 0.3) is 0 Å². The van der Waals surface area contributed by atoms with E-state index >= 15 is 0 Å². The monoisotopic (exact) mass is 195 g/mol. The van der Waals surface area contributed by atoms with Crippen molar-refractivity contribution in [3.63, 3.8) is 0 Å². The molecule has 1 atom stereocenters. The molecule has 5 heteroatoms. The summed E-state index contributed by atoms with van der Waals surface area (Å²) in [6.07, 6.45) is -1.88. The first kappa shape index (κ1) is 10.2. The number of hydrogen-bond acceptors (Lipinski definition) is 1. The molecule has 1 rings (SSSR count). The van der Waals surface area contributed by atoms with Crippen LogP contribution in [0.2, 0.25) is 0 Å². The van der Waals surface area contributed by atoms with Crippen LogP contribution >= 0.6 is 0 Å². The van der Waals surface area contributed by atoms with E-state index in [0.29, 0.717) is 0 Å². The average molecular weight is 195 g/mol. The summed E-state index contributed by atoms with van der Waals surface area (Å²) in [5.74, 6) is -0.544. The molecule has 1 aliphatic carbocycles. The zero-order valence-electron chi connectivity index (χ0n) is 6.74. The Morgan fingerprint density at radius 2 is 2.00 bits per heavy atom. The zero-order chi connectivity index (χ0) is 10.1. The van der Waals surface area contributed by atoms with E-state index in [2.05, 4.69) is 0 Å². The van der Waals surface area contributed by atoms with Gasteiger partial charge in [0, 0.05) is 6.42 Å². The maximum Gasteiger partial charge on any atom is 0.407 e. The number of halogens is 4. The van der Waals surface area contributed by atoms with Crippen molar-refractivity contribution in [2.24, 2.45) is 5.73 Å². The third kappa shape index (κ3) is 2.55. The van der Waals surface area contributed by atoms with Gasteiger partial charge in [-0.05, 0) is 18.1 Å². The minimum Gasteiger partial charge on any atom is -0.316 e. The van der Waals surface area contributed by atoms with Crippen molar-refractivity contribution in [3.8, 4) is 0 Å². The van der Waals surface area contributed by atoms with Gasteiger partial charge in [-0.2, -0.15) is 13.2 Å². The Bertz CT molecular complexity index is 251. The highest BCUT2D eigenvalue weighted by Gasteiger charge is 2.38. The first-order chi connectivity index (χ1) is 5.91. The number of allylic oxidation sites excluding steroid dienone is 2. The SMILES string of the molecule is NC(C1=CCCC(F)=C1)C(F)(F)F. The molecule has 0 bridgehead atoms. The third-order valence-corrected chi connectivity index (χ3v) is 1.80. The second-order valence-electron chi connectivity index (χ2n) is 2.85. The predicted octanol–water partition coefficient (Wildman–Crippen LogP) is 2.45. The molecule has 1 unspecified atom stereocenters. The third-order valence-electron chi connectivity index (χ3n) is 1.80. The van der Waals surface area contributed by atoms with Crippen LogP contribution in [0, 0.1) is 0 Å². The van der Waals surface area contributed by atoms with Crippen molar-refractivity contribution in [2.45, 2.75) is 25.1 Å². The van der Waals surface area contributed by atoms with Crippen LogP contribution in [0.1, 0.15) is 12.8 Å². The minimum atomic E-state index is -4.50. The highest BCUT2D eigenvalue weighted by Crippen LogP contribution is 2.28. The van der Waals surface area contributed by atoms with Crippen LogP contribution in [-0.4, -0.2) is 12.2 Å². The van der Waals surface area contributed by atoms with Gasteiger partial charge in [-0.15, -0.1) is 0 Å². The Kier molecular flexibility index (Phi) is 2.75. The summed E-state index contributed by atoms with van der Waals surface area (Å²) in [6, 6.07) is -2.07. The lowest BCUT2D eigenvalue weighted by molar-refractivity contribution is -0.138. The predicted molar refractivity (Wildman–Crippen MR) is 40.5 cm³/mol. The van der Waals surface area contributed by atoms with Crippen LogP contribution in [0.3, 0.4) is 0 Å².